The highest BCUT2D eigenvalue weighted by Crippen LogP contribution is 2.48. The summed E-state index contributed by atoms with van der Waals surface area (Å²) < 4.78 is 9.65. The maximum absolute atomic E-state index is 12.4. The van der Waals surface area contributed by atoms with E-state index in [4.69, 9.17) is 9.47 Å². The minimum Gasteiger partial charge on any atom is -0.469 e. The summed E-state index contributed by atoms with van der Waals surface area (Å²) in [5.41, 5.74) is -0.850. The van der Waals surface area contributed by atoms with Crippen LogP contribution in [0.25, 0.3) is 0 Å². The maximum atomic E-state index is 12.4. The summed E-state index contributed by atoms with van der Waals surface area (Å²) in [6.07, 6.45) is 3.85. The quantitative estimate of drug-likeness (QED) is 0.631. The van der Waals surface area contributed by atoms with Crippen LogP contribution in [0.3, 0.4) is 0 Å². The Morgan fingerprint density at radius 1 is 1.23 bits per heavy atom. The van der Waals surface area contributed by atoms with Gasteiger partial charge in [0.1, 0.15) is 0 Å². The number of benzene rings is 1. The zero-order valence-corrected chi connectivity index (χ0v) is 12.5. The van der Waals surface area contributed by atoms with E-state index in [1.165, 1.54) is 14.2 Å². The highest BCUT2D eigenvalue weighted by Gasteiger charge is 2.57. The first kappa shape index (κ1) is 15.8. The zero-order valence-electron chi connectivity index (χ0n) is 12.5. The molecule has 3 atom stereocenters. The average molecular weight is 299 g/mol. The molecule has 1 aliphatic carbocycles. The Morgan fingerprint density at radius 3 is 2.45 bits per heavy atom. The topological polar surface area (TPSA) is 76.4 Å². The lowest BCUT2D eigenvalue weighted by Gasteiger charge is -2.38. The lowest BCUT2D eigenvalue weighted by molar-refractivity contribution is -0.163. The van der Waals surface area contributed by atoms with Crippen LogP contribution in [-0.4, -0.2) is 26.2 Å². The molecule has 0 amide bonds. The van der Waals surface area contributed by atoms with Gasteiger partial charge in [-0.25, -0.2) is 0 Å². The van der Waals surface area contributed by atoms with Crippen LogP contribution >= 0.6 is 0 Å². The van der Waals surface area contributed by atoms with Crippen LogP contribution in [0.2, 0.25) is 0 Å². The van der Waals surface area contributed by atoms with Crippen molar-refractivity contribution < 1.29 is 19.1 Å². The van der Waals surface area contributed by atoms with Crippen molar-refractivity contribution in [3.8, 4) is 6.07 Å². The van der Waals surface area contributed by atoms with Crippen molar-refractivity contribution in [2.75, 3.05) is 14.2 Å². The first-order valence-electron chi connectivity index (χ1n) is 6.91. The molecule has 1 aromatic rings. The van der Waals surface area contributed by atoms with Crippen molar-refractivity contribution in [3.63, 3.8) is 0 Å². The van der Waals surface area contributed by atoms with Gasteiger partial charge in [-0.2, -0.15) is 5.26 Å². The number of ether oxygens (including phenoxy) is 2. The van der Waals surface area contributed by atoms with Crippen molar-refractivity contribution in [1.29, 1.82) is 5.26 Å². The van der Waals surface area contributed by atoms with Gasteiger partial charge in [0.05, 0.1) is 26.2 Å². The predicted molar refractivity (Wildman–Crippen MR) is 78.5 cm³/mol. The second kappa shape index (κ2) is 6.44. The van der Waals surface area contributed by atoms with Crippen LogP contribution in [0.1, 0.15) is 17.9 Å². The Bertz CT molecular complexity index is 632. The van der Waals surface area contributed by atoms with E-state index in [0.717, 1.165) is 5.56 Å². The van der Waals surface area contributed by atoms with Gasteiger partial charge < -0.3 is 9.47 Å². The Labute approximate surface area is 129 Å². The zero-order chi connectivity index (χ0) is 16.2. The molecule has 3 unspecified atom stereocenters. The molecule has 0 fully saturated rings. The number of nitriles is 1. The molecule has 0 spiro atoms. The molecular formula is C17H17NO4. The molecule has 1 aromatic carbocycles. The Kier molecular flexibility index (Phi) is 4.62. The van der Waals surface area contributed by atoms with Gasteiger partial charge in [-0.15, -0.1) is 0 Å². The molecule has 0 saturated carbocycles. The van der Waals surface area contributed by atoms with Crippen molar-refractivity contribution in [2.24, 2.45) is 11.3 Å². The lowest BCUT2D eigenvalue weighted by Crippen LogP contribution is -2.48. The van der Waals surface area contributed by atoms with Crippen molar-refractivity contribution >= 4 is 11.9 Å². The SMILES string of the molecule is COC(=O)C1CC=CC(c2ccccc2)C1(C#N)C(=O)OC. The number of nitrogens with zero attached hydrogens (tertiary/aromatic N) is 1. The number of carbonyl (C=O) groups excluding carboxylic acids is 2. The molecule has 0 bridgehead atoms. The normalized spacial score (nSPS) is 26.8. The van der Waals surface area contributed by atoms with Crippen molar-refractivity contribution in [3.05, 3.63) is 48.0 Å². The summed E-state index contributed by atoms with van der Waals surface area (Å²) in [4.78, 5) is 24.6. The molecule has 5 heteroatoms. The molecule has 114 valence electrons. The summed E-state index contributed by atoms with van der Waals surface area (Å²) in [6.45, 7) is 0. The molecule has 5 nitrogen and oxygen atoms in total. The van der Waals surface area contributed by atoms with Crippen LogP contribution < -0.4 is 0 Å². The molecule has 0 saturated heterocycles. The van der Waals surface area contributed by atoms with E-state index >= 15 is 0 Å². The second-order valence-corrected chi connectivity index (χ2v) is 5.10. The summed E-state index contributed by atoms with van der Waals surface area (Å²) in [6, 6.07) is 11.2. The largest absolute Gasteiger partial charge is 0.469 e. The monoisotopic (exact) mass is 299 g/mol. The summed E-state index contributed by atoms with van der Waals surface area (Å²) in [5, 5.41) is 9.80. The maximum Gasteiger partial charge on any atom is 0.328 e. The third kappa shape index (κ3) is 2.37. The molecule has 0 N–H and O–H groups in total. The smallest absolute Gasteiger partial charge is 0.328 e. The number of carbonyl (C=O) groups is 2. The summed E-state index contributed by atoms with van der Waals surface area (Å²) >= 11 is 0. The van der Waals surface area contributed by atoms with Crippen LogP contribution in [0.4, 0.5) is 0 Å². The van der Waals surface area contributed by atoms with Gasteiger partial charge in [-0.3, -0.25) is 9.59 Å². The second-order valence-electron chi connectivity index (χ2n) is 5.10. The molecule has 0 aliphatic heterocycles. The third-order valence-electron chi connectivity index (χ3n) is 4.09. The Balaban J connectivity index is 2.63. The number of methoxy groups -OCH3 is 2. The van der Waals surface area contributed by atoms with E-state index in [0.29, 0.717) is 0 Å². The van der Waals surface area contributed by atoms with Crippen LogP contribution in [-0.2, 0) is 19.1 Å². The minimum atomic E-state index is -1.63. The Morgan fingerprint density at radius 2 is 1.91 bits per heavy atom. The highest BCUT2D eigenvalue weighted by atomic mass is 16.5. The van der Waals surface area contributed by atoms with E-state index in [1.807, 2.05) is 30.3 Å². The number of hydrogen-bond donors (Lipinski definition) is 0. The fourth-order valence-electron chi connectivity index (χ4n) is 3.00. The first-order chi connectivity index (χ1) is 10.6. The van der Waals surface area contributed by atoms with Gasteiger partial charge in [0, 0.05) is 5.92 Å². The van der Waals surface area contributed by atoms with Crippen molar-refractivity contribution in [2.45, 2.75) is 12.3 Å². The number of allylic oxidation sites excluding steroid dienone is 2. The molecule has 0 aromatic heterocycles. The van der Waals surface area contributed by atoms with Gasteiger partial charge >= 0.3 is 11.9 Å². The molecule has 2 rings (SSSR count). The minimum absolute atomic E-state index is 0.263. The molecular weight excluding hydrogens is 282 g/mol. The number of hydrogen-bond acceptors (Lipinski definition) is 5. The van der Waals surface area contributed by atoms with Gasteiger partial charge in [0.2, 0.25) is 0 Å². The van der Waals surface area contributed by atoms with Gasteiger partial charge in [0.15, 0.2) is 5.41 Å². The van der Waals surface area contributed by atoms with Crippen LogP contribution in [0, 0.1) is 22.7 Å². The van der Waals surface area contributed by atoms with Gasteiger partial charge in [0.25, 0.3) is 0 Å². The van der Waals surface area contributed by atoms with E-state index in [2.05, 4.69) is 6.07 Å². The molecule has 0 radical (unpaired) electrons. The fourth-order valence-corrected chi connectivity index (χ4v) is 3.00. The molecule has 22 heavy (non-hydrogen) atoms. The molecule has 1 aliphatic rings. The third-order valence-corrected chi connectivity index (χ3v) is 4.09. The van der Waals surface area contributed by atoms with Crippen LogP contribution in [0.15, 0.2) is 42.5 Å². The molecule has 0 heterocycles. The lowest BCUT2D eigenvalue weighted by atomic mass is 9.61. The standard InChI is InChI=1S/C17H17NO4/c1-21-15(19)14-10-6-9-13(12-7-4-3-5-8-12)17(14,11-18)16(20)22-2/h3-9,13-14H,10H2,1-2H3. The van der Waals surface area contributed by atoms with Gasteiger partial charge in [-0.1, -0.05) is 42.5 Å². The summed E-state index contributed by atoms with van der Waals surface area (Å²) in [5.74, 6) is -2.77. The average Bonchev–Trinajstić information content (AvgIpc) is 2.60. The number of esters is 2. The number of rotatable bonds is 3. The van der Waals surface area contributed by atoms with Crippen LogP contribution in [0.5, 0.6) is 0 Å². The van der Waals surface area contributed by atoms with E-state index in [9.17, 15) is 14.9 Å². The van der Waals surface area contributed by atoms with E-state index in [1.54, 1.807) is 12.2 Å². The van der Waals surface area contributed by atoms with Crippen molar-refractivity contribution in [1.82, 2.24) is 0 Å². The fraction of sp³-hybridized carbons (Fsp3) is 0.353. The first-order valence-corrected chi connectivity index (χ1v) is 6.91. The summed E-state index contributed by atoms with van der Waals surface area (Å²) in [7, 11) is 2.47. The predicted octanol–water partition coefficient (Wildman–Crippen LogP) is 2.20. The highest BCUT2D eigenvalue weighted by molar-refractivity contribution is 5.90. The van der Waals surface area contributed by atoms with E-state index < -0.39 is 29.2 Å². The van der Waals surface area contributed by atoms with Gasteiger partial charge in [-0.05, 0) is 12.0 Å². The van der Waals surface area contributed by atoms with E-state index in [-0.39, 0.29) is 6.42 Å². The Hall–Kier alpha value is -2.61.